The average Bonchev–Trinajstić information content (AvgIpc) is 3.82. The predicted molar refractivity (Wildman–Crippen MR) is 209 cm³/mol. The number of rotatable bonds is 10. The summed E-state index contributed by atoms with van der Waals surface area (Å²) in [5, 5.41) is 1.06. The van der Waals surface area contributed by atoms with Crippen LogP contribution in [0.3, 0.4) is 0 Å². The number of hydrogen-bond acceptors (Lipinski definition) is 9. The van der Waals surface area contributed by atoms with Crippen molar-refractivity contribution in [3.63, 3.8) is 0 Å². The van der Waals surface area contributed by atoms with Gasteiger partial charge in [-0.05, 0) is 97.1 Å². The molecule has 16 heteroatoms. The van der Waals surface area contributed by atoms with Gasteiger partial charge in [0.1, 0.15) is 24.4 Å². The van der Waals surface area contributed by atoms with Crippen LogP contribution in [0.2, 0.25) is 10.0 Å². The van der Waals surface area contributed by atoms with Crippen LogP contribution in [-0.4, -0.2) is 93.4 Å². The molecule has 0 spiro atoms. The summed E-state index contributed by atoms with van der Waals surface area (Å²) in [6.45, 7) is 12.5. The van der Waals surface area contributed by atoms with E-state index in [0.29, 0.717) is 44.3 Å². The summed E-state index contributed by atoms with van der Waals surface area (Å²) >= 11 is 13.9. The van der Waals surface area contributed by atoms with Gasteiger partial charge in [0.2, 0.25) is 0 Å². The van der Waals surface area contributed by atoms with Gasteiger partial charge in [0.15, 0.2) is 17.4 Å². The molecule has 1 saturated heterocycles. The number of aromatic nitrogens is 1. The van der Waals surface area contributed by atoms with Crippen molar-refractivity contribution in [3.05, 3.63) is 79.8 Å². The van der Waals surface area contributed by atoms with Crippen LogP contribution in [-0.2, 0) is 20.8 Å². The fourth-order valence-electron chi connectivity index (χ4n) is 6.80. The van der Waals surface area contributed by atoms with Gasteiger partial charge in [-0.2, -0.15) is 0 Å². The van der Waals surface area contributed by atoms with Crippen molar-refractivity contribution in [2.75, 3.05) is 26.3 Å². The number of benzene rings is 2. The molecule has 3 heterocycles. The van der Waals surface area contributed by atoms with Gasteiger partial charge in [-0.15, -0.1) is 0 Å². The van der Waals surface area contributed by atoms with Crippen LogP contribution in [0, 0.1) is 18.6 Å². The zero-order valence-corrected chi connectivity index (χ0v) is 34.7. The van der Waals surface area contributed by atoms with Crippen LogP contribution in [0.5, 0.6) is 10.9 Å². The first kappa shape index (κ1) is 41.5. The summed E-state index contributed by atoms with van der Waals surface area (Å²) in [7, 11) is 0. The van der Waals surface area contributed by atoms with E-state index in [-0.39, 0.29) is 56.4 Å². The van der Waals surface area contributed by atoms with Gasteiger partial charge in [0.25, 0.3) is 11.1 Å². The van der Waals surface area contributed by atoms with E-state index in [1.54, 1.807) is 59.9 Å². The summed E-state index contributed by atoms with van der Waals surface area (Å²) in [6.07, 6.45) is 1.86. The first-order valence-electron chi connectivity index (χ1n) is 18.4. The molecule has 2 aliphatic heterocycles. The van der Waals surface area contributed by atoms with E-state index in [4.69, 9.17) is 42.1 Å². The fraction of sp³-hybridized carbons (Fsp3) is 0.500. The van der Waals surface area contributed by atoms with E-state index in [9.17, 15) is 14.0 Å². The summed E-state index contributed by atoms with van der Waals surface area (Å²) in [5.41, 5.74) is 0.101. The minimum Gasteiger partial charge on any atom is -0.487 e. The second kappa shape index (κ2) is 16.4. The fourth-order valence-corrected chi connectivity index (χ4v) is 8.37. The Kier molecular flexibility index (Phi) is 12.1. The summed E-state index contributed by atoms with van der Waals surface area (Å²) in [6, 6.07) is 5.54. The molecule has 2 aromatic carbocycles. The zero-order valence-electron chi connectivity index (χ0n) is 32.4. The first-order chi connectivity index (χ1) is 26.3. The molecule has 302 valence electrons. The van der Waals surface area contributed by atoms with E-state index in [1.165, 1.54) is 38.2 Å². The van der Waals surface area contributed by atoms with Gasteiger partial charge in [-0.25, -0.2) is 23.4 Å². The maximum atomic E-state index is 15.1. The Hall–Kier alpha value is -4.14. The lowest BCUT2D eigenvalue weighted by Gasteiger charge is -2.51. The standard InChI is InChI=1S/C40H46Cl2F2N4O7S/c1-22-15-27(41)34(28(42)16-22)52-13-14-53-36-45-18-31(56-36)26-17-25-20-46(37(50)54-39(2,3)4)21-30(48(25)38(51)55-40(5,6)7)32(26)35(49)47(24-11-12-24)19-23-9-8-10-29(43)33(23)44/h8-10,15-16,18,24-25,30H,11-14,17,19-21H2,1-7H3/t25?,30-/m1/s1. The van der Waals surface area contributed by atoms with Crippen molar-refractivity contribution in [1.29, 1.82) is 0 Å². The molecule has 3 aliphatic rings. The highest BCUT2D eigenvalue weighted by Gasteiger charge is 2.51. The molecular formula is C40H46Cl2F2N4O7S. The number of carbonyl (C=O) groups is 3. The average molecular weight is 836 g/mol. The molecule has 2 fully saturated rings. The number of piperazine rings is 1. The summed E-state index contributed by atoms with van der Waals surface area (Å²) in [4.78, 5) is 52.3. The number of nitrogens with zero attached hydrogens (tertiary/aromatic N) is 4. The van der Waals surface area contributed by atoms with Crippen LogP contribution in [0.1, 0.15) is 76.8 Å². The molecule has 11 nitrogen and oxygen atoms in total. The number of hydrogen-bond donors (Lipinski definition) is 0. The number of halogens is 4. The first-order valence-corrected chi connectivity index (χ1v) is 20.0. The Balaban J connectivity index is 1.37. The van der Waals surface area contributed by atoms with Crippen molar-refractivity contribution in [1.82, 2.24) is 19.7 Å². The van der Waals surface area contributed by atoms with Crippen LogP contribution >= 0.6 is 34.5 Å². The van der Waals surface area contributed by atoms with E-state index >= 15 is 9.18 Å². The van der Waals surface area contributed by atoms with Gasteiger partial charge in [-0.1, -0.05) is 46.7 Å². The minimum atomic E-state index is -1.03. The molecule has 0 N–H and O–H groups in total. The minimum absolute atomic E-state index is 0.0213. The van der Waals surface area contributed by atoms with Crippen molar-refractivity contribution >= 4 is 58.2 Å². The molecule has 1 aromatic heterocycles. The van der Waals surface area contributed by atoms with Gasteiger partial charge < -0.3 is 28.7 Å². The summed E-state index contributed by atoms with van der Waals surface area (Å²) < 4.78 is 52.8. The quantitative estimate of drug-likeness (QED) is 0.186. The number of amides is 3. The molecule has 2 atom stereocenters. The SMILES string of the molecule is Cc1cc(Cl)c(OCCOc2ncc(C3=C(C(=O)N(Cc4cccc(F)c4F)C4CC4)[C@H]4CN(C(=O)OC(C)(C)C)CC(C3)N4C(=O)OC(C)(C)C)s2)c(Cl)c1. The molecule has 3 amide bonds. The van der Waals surface area contributed by atoms with Crippen molar-refractivity contribution in [2.24, 2.45) is 0 Å². The number of fused-ring (bicyclic) bond motifs is 2. The highest BCUT2D eigenvalue weighted by Crippen LogP contribution is 2.44. The van der Waals surface area contributed by atoms with Crippen LogP contribution in [0.25, 0.3) is 5.57 Å². The molecular weight excluding hydrogens is 789 g/mol. The third kappa shape index (κ3) is 9.69. The molecule has 3 aromatic rings. The Bertz CT molecular complexity index is 2000. The van der Waals surface area contributed by atoms with Gasteiger partial charge in [0, 0.05) is 43.0 Å². The van der Waals surface area contributed by atoms with Crippen LogP contribution in [0.15, 0.2) is 42.1 Å². The molecule has 6 rings (SSSR count). The van der Waals surface area contributed by atoms with Crippen LogP contribution in [0.4, 0.5) is 18.4 Å². The number of ether oxygens (including phenoxy) is 4. The number of carbonyl (C=O) groups excluding carboxylic acids is 3. The van der Waals surface area contributed by atoms with Crippen molar-refractivity contribution in [2.45, 2.75) is 104 Å². The maximum Gasteiger partial charge on any atom is 0.411 e. The Labute approximate surface area is 339 Å². The predicted octanol–water partition coefficient (Wildman–Crippen LogP) is 9.07. The Morgan fingerprint density at radius 3 is 2.23 bits per heavy atom. The van der Waals surface area contributed by atoms with Gasteiger partial charge >= 0.3 is 12.2 Å². The largest absolute Gasteiger partial charge is 0.487 e. The van der Waals surface area contributed by atoms with E-state index in [1.807, 2.05) is 6.92 Å². The van der Waals surface area contributed by atoms with E-state index in [2.05, 4.69) is 4.98 Å². The maximum absolute atomic E-state index is 15.1. The Morgan fingerprint density at radius 2 is 1.59 bits per heavy atom. The highest BCUT2D eigenvalue weighted by atomic mass is 35.5. The second-order valence-electron chi connectivity index (χ2n) is 16.2. The van der Waals surface area contributed by atoms with Gasteiger partial charge in [0.05, 0.1) is 27.0 Å². The zero-order chi connectivity index (χ0) is 40.7. The van der Waals surface area contributed by atoms with Crippen molar-refractivity contribution in [3.8, 4) is 10.9 Å². The monoisotopic (exact) mass is 834 g/mol. The van der Waals surface area contributed by atoms with Crippen molar-refractivity contribution < 1.29 is 42.1 Å². The molecule has 2 bridgehead atoms. The normalized spacial score (nSPS) is 18.5. The van der Waals surface area contributed by atoms with E-state index < -0.39 is 53.0 Å². The highest BCUT2D eigenvalue weighted by molar-refractivity contribution is 7.14. The third-order valence-electron chi connectivity index (χ3n) is 9.24. The lowest BCUT2D eigenvalue weighted by molar-refractivity contribution is -0.129. The lowest BCUT2D eigenvalue weighted by Crippen LogP contribution is -2.66. The van der Waals surface area contributed by atoms with Gasteiger partial charge in [-0.3, -0.25) is 9.69 Å². The molecule has 1 saturated carbocycles. The Morgan fingerprint density at radius 1 is 0.946 bits per heavy atom. The van der Waals surface area contributed by atoms with E-state index in [0.717, 1.165) is 11.6 Å². The molecule has 1 aliphatic carbocycles. The lowest BCUT2D eigenvalue weighted by atomic mass is 9.83. The number of thiazole rings is 1. The molecule has 1 unspecified atom stereocenters. The second-order valence-corrected chi connectivity index (χ2v) is 18.0. The third-order valence-corrected chi connectivity index (χ3v) is 10.8. The smallest absolute Gasteiger partial charge is 0.411 e. The summed E-state index contributed by atoms with van der Waals surface area (Å²) in [5.74, 6) is -2.17. The molecule has 56 heavy (non-hydrogen) atoms. The number of aryl methyl sites for hydroxylation is 1. The molecule has 0 radical (unpaired) electrons. The topological polar surface area (TPSA) is 111 Å². The van der Waals surface area contributed by atoms with Crippen LogP contribution < -0.4 is 9.47 Å².